The fourth-order valence-corrected chi connectivity index (χ4v) is 1.25. The van der Waals surface area contributed by atoms with Gasteiger partial charge in [0.1, 0.15) is 0 Å². The second-order valence-corrected chi connectivity index (χ2v) is 3.22. The molecule has 0 N–H and O–H groups in total. The monoisotopic (exact) mass is 150 g/mol. The Balaban J connectivity index is 2.69. The van der Waals surface area contributed by atoms with Gasteiger partial charge in [-0.3, -0.25) is 0 Å². The molecule has 0 aromatic heterocycles. The maximum atomic E-state index is 5.36. The number of hydrogen-bond acceptors (Lipinski definition) is 1. The van der Waals surface area contributed by atoms with Gasteiger partial charge in [0.25, 0.3) is 0 Å². The summed E-state index contributed by atoms with van der Waals surface area (Å²) >= 11 is 1.66. The smallest absolute Gasteiger partial charge is 0.00722 e. The van der Waals surface area contributed by atoms with Crippen molar-refractivity contribution in [1.82, 2.24) is 0 Å². The normalized spacial score (nSPS) is 9.80. The van der Waals surface area contributed by atoms with Crippen molar-refractivity contribution in [3.05, 3.63) is 36.8 Å². The highest BCUT2D eigenvalue weighted by atomic mass is 32.2. The predicted molar refractivity (Wildman–Crippen MR) is 46.2 cm³/mol. The molecule has 1 aromatic rings. The summed E-state index contributed by atoms with van der Waals surface area (Å²) in [5.41, 5.74) is 1.29. The molecule has 0 spiro atoms. The van der Waals surface area contributed by atoms with Gasteiger partial charge in [-0.05, 0) is 26.0 Å². The van der Waals surface area contributed by atoms with Crippen molar-refractivity contribution in [1.29, 1.82) is 0 Å². The Morgan fingerprint density at radius 3 is 2.40 bits per heavy atom. The molecule has 0 saturated carbocycles. The van der Waals surface area contributed by atoms with Crippen LogP contribution in [0.5, 0.6) is 0 Å². The molecule has 0 unspecified atom stereocenters. The first-order chi connectivity index (χ1) is 4.83. The van der Waals surface area contributed by atoms with Crippen molar-refractivity contribution in [2.75, 3.05) is 5.75 Å². The van der Waals surface area contributed by atoms with E-state index in [2.05, 4.69) is 31.2 Å². The van der Waals surface area contributed by atoms with Gasteiger partial charge < -0.3 is 0 Å². The predicted octanol–water partition coefficient (Wildman–Crippen LogP) is 2.80. The average Bonchev–Trinajstić information content (AvgIpc) is 1.95. The molecular formula is C9H10S. The highest BCUT2D eigenvalue weighted by Gasteiger charge is 1.88. The molecule has 0 aliphatic rings. The summed E-state index contributed by atoms with van der Waals surface area (Å²) in [6.45, 7) is 7.44. The van der Waals surface area contributed by atoms with Gasteiger partial charge in [0.2, 0.25) is 0 Å². The molecule has 10 heavy (non-hydrogen) atoms. The fraction of sp³-hybridized carbons (Fsp3) is 0.222. The van der Waals surface area contributed by atoms with Crippen LogP contribution in [0.2, 0.25) is 0 Å². The third-order valence-electron chi connectivity index (χ3n) is 1.27. The minimum atomic E-state index is 0.656. The van der Waals surface area contributed by atoms with E-state index in [1.807, 2.05) is 0 Å². The van der Waals surface area contributed by atoms with E-state index in [-0.39, 0.29) is 0 Å². The second-order valence-electron chi connectivity index (χ2n) is 2.12. The molecule has 0 nitrogen and oxygen atoms in total. The Bertz CT molecular complexity index is 188. The Labute approximate surface area is 66.6 Å². The van der Waals surface area contributed by atoms with E-state index in [1.165, 1.54) is 10.5 Å². The number of rotatable bonds is 2. The molecule has 1 rings (SSSR count). The minimum Gasteiger partial charge on any atom is -0.126 e. The largest absolute Gasteiger partial charge is 0.126 e. The first kappa shape index (κ1) is 7.67. The van der Waals surface area contributed by atoms with Crippen LogP contribution >= 0.6 is 11.8 Å². The number of benzene rings is 1. The van der Waals surface area contributed by atoms with Crippen LogP contribution in [0.3, 0.4) is 0 Å². The Morgan fingerprint density at radius 1 is 1.30 bits per heavy atom. The van der Waals surface area contributed by atoms with Crippen molar-refractivity contribution in [3.63, 3.8) is 0 Å². The van der Waals surface area contributed by atoms with Gasteiger partial charge in [-0.1, -0.05) is 17.7 Å². The van der Waals surface area contributed by atoms with Gasteiger partial charge in [-0.2, -0.15) is 0 Å². The van der Waals surface area contributed by atoms with Gasteiger partial charge in [0.15, 0.2) is 0 Å². The summed E-state index contributed by atoms with van der Waals surface area (Å²) in [6, 6.07) is 8.37. The summed E-state index contributed by atoms with van der Waals surface area (Å²) in [4.78, 5) is 1.24. The van der Waals surface area contributed by atoms with Crippen LogP contribution in [0.25, 0.3) is 0 Å². The summed E-state index contributed by atoms with van der Waals surface area (Å²) < 4.78 is 0. The van der Waals surface area contributed by atoms with E-state index in [0.29, 0.717) is 5.75 Å². The molecule has 1 heteroatoms. The van der Waals surface area contributed by atoms with Crippen molar-refractivity contribution < 1.29 is 0 Å². The van der Waals surface area contributed by atoms with Gasteiger partial charge in [0.05, 0.1) is 0 Å². The van der Waals surface area contributed by atoms with Gasteiger partial charge in [-0.15, -0.1) is 11.8 Å². The fourth-order valence-electron chi connectivity index (χ4n) is 0.731. The first-order valence-corrected chi connectivity index (χ1v) is 4.21. The quantitative estimate of drug-likeness (QED) is 0.584. The third kappa shape index (κ3) is 2.07. The summed E-state index contributed by atoms with van der Waals surface area (Å²) in [7, 11) is 0. The first-order valence-electron chi connectivity index (χ1n) is 3.22. The lowest BCUT2D eigenvalue weighted by atomic mass is 10.2. The maximum Gasteiger partial charge on any atom is 0.00722 e. The zero-order chi connectivity index (χ0) is 7.40. The molecule has 0 fully saturated rings. The van der Waals surface area contributed by atoms with Crippen molar-refractivity contribution >= 4 is 11.8 Å². The minimum absolute atomic E-state index is 0.656. The molecule has 0 atom stereocenters. The van der Waals surface area contributed by atoms with Gasteiger partial charge in [0, 0.05) is 10.6 Å². The van der Waals surface area contributed by atoms with Crippen molar-refractivity contribution in [2.45, 2.75) is 11.8 Å². The third-order valence-corrected chi connectivity index (χ3v) is 2.04. The maximum absolute atomic E-state index is 5.36. The second kappa shape index (κ2) is 3.67. The lowest BCUT2D eigenvalue weighted by Crippen LogP contribution is -1.73. The molecule has 0 aliphatic heterocycles. The molecule has 0 amide bonds. The molecule has 0 saturated heterocycles. The van der Waals surface area contributed by atoms with Crippen molar-refractivity contribution in [3.8, 4) is 0 Å². The van der Waals surface area contributed by atoms with Gasteiger partial charge in [-0.25, -0.2) is 0 Å². The topological polar surface area (TPSA) is 0 Å². The standard InChI is InChI=1S/C9H10S/c1-3-10-9-6-4-8(2)5-7-9/h1,4-7H,3H2,2H3. The van der Waals surface area contributed by atoms with Crippen LogP contribution in [0.1, 0.15) is 5.56 Å². The SMILES string of the molecule is [CH]CSc1ccc(C)cc1. The number of thioether (sulfide) groups is 1. The van der Waals surface area contributed by atoms with E-state index in [1.54, 1.807) is 11.8 Å². The van der Waals surface area contributed by atoms with Crippen molar-refractivity contribution in [2.24, 2.45) is 0 Å². The van der Waals surface area contributed by atoms with E-state index >= 15 is 0 Å². The highest BCUT2D eigenvalue weighted by molar-refractivity contribution is 7.99. The van der Waals surface area contributed by atoms with Crippen LogP contribution in [-0.4, -0.2) is 5.75 Å². The summed E-state index contributed by atoms with van der Waals surface area (Å²) in [6.07, 6.45) is 0. The zero-order valence-electron chi connectivity index (χ0n) is 6.00. The van der Waals surface area contributed by atoms with E-state index < -0.39 is 0 Å². The van der Waals surface area contributed by atoms with E-state index in [0.717, 1.165) is 0 Å². The van der Waals surface area contributed by atoms with Crippen LogP contribution in [0.15, 0.2) is 29.2 Å². The molecule has 52 valence electrons. The Hall–Kier alpha value is -0.430. The zero-order valence-corrected chi connectivity index (χ0v) is 6.82. The average molecular weight is 150 g/mol. The Morgan fingerprint density at radius 2 is 1.90 bits per heavy atom. The van der Waals surface area contributed by atoms with Crippen LogP contribution in [0.4, 0.5) is 0 Å². The summed E-state index contributed by atoms with van der Waals surface area (Å²) in [5, 5.41) is 0. The highest BCUT2D eigenvalue weighted by Crippen LogP contribution is 2.16. The lowest BCUT2D eigenvalue weighted by molar-refractivity contribution is 1.38. The number of hydrogen-bond donors (Lipinski definition) is 0. The van der Waals surface area contributed by atoms with Crippen LogP contribution < -0.4 is 0 Å². The lowest BCUT2D eigenvalue weighted by Gasteiger charge is -1.96. The van der Waals surface area contributed by atoms with Crippen LogP contribution in [0, 0.1) is 13.8 Å². The van der Waals surface area contributed by atoms with Crippen LogP contribution in [-0.2, 0) is 0 Å². The molecule has 0 aliphatic carbocycles. The Kier molecular flexibility index (Phi) is 2.82. The van der Waals surface area contributed by atoms with Gasteiger partial charge >= 0.3 is 0 Å². The molecule has 0 heterocycles. The van der Waals surface area contributed by atoms with E-state index in [4.69, 9.17) is 6.92 Å². The van der Waals surface area contributed by atoms with E-state index in [9.17, 15) is 0 Å². The molecule has 1 aromatic carbocycles. The molecular weight excluding hydrogens is 140 g/mol. The molecule has 2 radical (unpaired) electrons. The summed E-state index contributed by atoms with van der Waals surface area (Å²) in [5.74, 6) is 0.656. The molecule has 0 bridgehead atoms. The number of aryl methyl sites for hydroxylation is 1.